The highest BCUT2D eigenvalue weighted by atomic mass is 16.2. The molecule has 2 unspecified atom stereocenters. The minimum atomic E-state index is 0.0951. The molecule has 2 N–H and O–H groups in total. The minimum absolute atomic E-state index is 0.0951. The predicted octanol–water partition coefficient (Wildman–Crippen LogP) is 0.640. The summed E-state index contributed by atoms with van der Waals surface area (Å²) in [5, 5.41) is 0. The molecule has 1 amide bonds. The zero-order valence-corrected chi connectivity index (χ0v) is 8.55. The second kappa shape index (κ2) is 4.09. The molecule has 1 fully saturated rings. The Hall–Kier alpha value is -0.900. The highest BCUT2D eigenvalue weighted by molar-refractivity contribution is 5.92. The van der Waals surface area contributed by atoms with Crippen molar-refractivity contribution in [3.05, 3.63) is 0 Å². The first-order valence-electron chi connectivity index (χ1n) is 5.36. The van der Waals surface area contributed by atoms with Crippen molar-refractivity contribution in [2.45, 2.75) is 38.6 Å². The van der Waals surface area contributed by atoms with E-state index in [2.05, 4.69) is 15.8 Å². The molecule has 4 heteroatoms. The van der Waals surface area contributed by atoms with Gasteiger partial charge in [0.25, 0.3) is 0 Å². The average Bonchev–Trinajstić information content (AvgIpc) is 2.23. The third-order valence-electron chi connectivity index (χ3n) is 2.96. The second-order valence-corrected chi connectivity index (χ2v) is 4.15. The lowest BCUT2D eigenvalue weighted by Crippen LogP contribution is -2.56. The Kier molecular flexibility index (Phi) is 2.82. The first-order valence-corrected chi connectivity index (χ1v) is 5.36. The largest absolute Gasteiger partial charge is 0.292 e. The molecular formula is C10H17N3O. The molecule has 0 bridgehead atoms. The standard InChI is InChI=1S/C10H17N3O/c1-7-6-9(12-13-10(7)14)8-4-2-3-5-11-8/h7,9,12H,2-6H2,1H3,(H,13,14). The topological polar surface area (TPSA) is 53.5 Å². The van der Waals surface area contributed by atoms with Crippen LogP contribution in [0.3, 0.4) is 0 Å². The Balaban J connectivity index is 1.98. The number of nitrogens with one attached hydrogen (secondary N) is 2. The van der Waals surface area contributed by atoms with Crippen molar-refractivity contribution in [2.75, 3.05) is 6.54 Å². The van der Waals surface area contributed by atoms with Crippen LogP contribution in [0.4, 0.5) is 0 Å². The summed E-state index contributed by atoms with van der Waals surface area (Å²) in [6.07, 6.45) is 4.41. The maximum Gasteiger partial charge on any atom is 0.236 e. The maximum absolute atomic E-state index is 11.2. The molecule has 2 aliphatic heterocycles. The van der Waals surface area contributed by atoms with Crippen molar-refractivity contribution >= 4 is 11.6 Å². The first kappa shape index (κ1) is 9.65. The number of aliphatic imine (C=N–C) groups is 1. The lowest BCUT2D eigenvalue weighted by Gasteiger charge is -2.30. The molecule has 1 saturated heterocycles. The van der Waals surface area contributed by atoms with E-state index in [-0.39, 0.29) is 17.9 Å². The van der Waals surface area contributed by atoms with Crippen LogP contribution in [0.15, 0.2) is 4.99 Å². The molecule has 4 nitrogen and oxygen atoms in total. The molecule has 0 aromatic carbocycles. The Morgan fingerprint density at radius 3 is 2.93 bits per heavy atom. The van der Waals surface area contributed by atoms with Crippen LogP contribution in [0.1, 0.15) is 32.6 Å². The fraction of sp³-hybridized carbons (Fsp3) is 0.800. The second-order valence-electron chi connectivity index (χ2n) is 4.15. The van der Waals surface area contributed by atoms with Crippen LogP contribution < -0.4 is 10.9 Å². The summed E-state index contributed by atoms with van der Waals surface area (Å²) in [5.41, 5.74) is 6.99. The van der Waals surface area contributed by atoms with Crippen molar-refractivity contribution in [3.8, 4) is 0 Å². The molecule has 2 rings (SSSR count). The first-order chi connectivity index (χ1) is 6.77. The fourth-order valence-corrected chi connectivity index (χ4v) is 2.02. The third-order valence-corrected chi connectivity index (χ3v) is 2.96. The molecule has 0 aliphatic carbocycles. The number of rotatable bonds is 1. The zero-order valence-electron chi connectivity index (χ0n) is 8.55. The molecule has 78 valence electrons. The summed E-state index contributed by atoms with van der Waals surface area (Å²) in [6.45, 7) is 2.92. The maximum atomic E-state index is 11.2. The number of amides is 1. The van der Waals surface area contributed by atoms with Gasteiger partial charge in [0.15, 0.2) is 0 Å². The summed E-state index contributed by atoms with van der Waals surface area (Å²) in [4.78, 5) is 15.7. The Morgan fingerprint density at radius 2 is 2.29 bits per heavy atom. The van der Waals surface area contributed by atoms with Crippen molar-refractivity contribution < 1.29 is 4.79 Å². The summed E-state index contributed by atoms with van der Waals surface area (Å²) in [6, 6.07) is 0.267. The van der Waals surface area contributed by atoms with Gasteiger partial charge >= 0.3 is 0 Å². The number of hydrazine groups is 1. The lowest BCUT2D eigenvalue weighted by atomic mass is 9.93. The van der Waals surface area contributed by atoms with Gasteiger partial charge in [-0.25, -0.2) is 5.43 Å². The SMILES string of the molecule is CC1CC(C2=NCCCC2)NNC1=O. The van der Waals surface area contributed by atoms with Crippen LogP contribution in [0.2, 0.25) is 0 Å². The normalized spacial score (nSPS) is 33.5. The molecule has 2 heterocycles. The van der Waals surface area contributed by atoms with Gasteiger partial charge in [-0.15, -0.1) is 0 Å². The van der Waals surface area contributed by atoms with Crippen molar-refractivity contribution in [2.24, 2.45) is 10.9 Å². The van der Waals surface area contributed by atoms with E-state index >= 15 is 0 Å². The fourth-order valence-electron chi connectivity index (χ4n) is 2.02. The number of nitrogens with zero attached hydrogens (tertiary/aromatic N) is 1. The summed E-state index contributed by atoms with van der Waals surface area (Å²) in [5.74, 6) is 0.198. The quantitative estimate of drug-likeness (QED) is 0.645. The number of carbonyl (C=O) groups excluding carboxylic acids is 1. The highest BCUT2D eigenvalue weighted by Gasteiger charge is 2.28. The van der Waals surface area contributed by atoms with Gasteiger partial charge in [-0.1, -0.05) is 6.92 Å². The van der Waals surface area contributed by atoms with E-state index in [1.807, 2.05) is 6.92 Å². The van der Waals surface area contributed by atoms with Gasteiger partial charge in [0.1, 0.15) is 0 Å². The molecule has 0 saturated carbocycles. The van der Waals surface area contributed by atoms with E-state index < -0.39 is 0 Å². The van der Waals surface area contributed by atoms with Crippen LogP contribution in [0.5, 0.6) is 0 Å². The molecule has 0 aromatic rings. The van der Waals surface area contributed by atoms with Gasteiger partial charge < -0.3 is 0 Å². The molecular weight excluding hydrogens is 178 g/mol. The number of carbonyl (C=O) groups is 1. The van der Waals surface area contributed by atoms with Crippen molar-refractivity contribution in [1.82, 2.24) is 10.9 Å². The number of hydrogen-bond donors (Lipinski definition) is 2. The van der Waals surface area contributed by atoms with Crippen LogP contribution in [-0.4, -0.2) is 24.2 Å². The molecule has 2 aliphatic rings. The minimum Gasteiger partial charge on any atom is -0.292 e. The number of hydrogen-bond acceptors (Lipinski definition) is 3. The average molecular weight is 195 g/mol. The van der Waals surface area contributed by atoms with E-state index in [9.17, 15) is 4.79 Å². The molecule has 2 atom stereocenters. The van der Waals surface area contributed by atoms with Crippen LogP contribution in [0, 0.1) is 5.92 Å². The van der Waals surface area contributed by atoms with Crippen molar-refractivity contribution in [3.63, 3.8) is 0 Å². The summed E-state index contributed by atoms with van der Waals surface area (Å²) >= 11 is 0. The third kappa shape index (κ3) is 1.95. The van der Waals surface area contributed by atoms with Crippen molar-refractivity contribution in [1.29, 1.82) is 0 Å². The predicted molar refractivity (Wildman–Crippen MR) is 55.0 cm³/mol. The monoisotopic (exact) mass is 195 g/mol. The zero-order chi connectivity index (χ0) is 9.97. The van der Waals surface area contributed by atoms with E-state index in [0.29, 0.717) is 0 Å². The van der Waals surface area contributed by atoms with Gasteiger partial charge in [0, 0.05) is 18.2 Å². The molecule has 0 aromatic heterocycles. The van der Waals surface area contributed by atoms with Gasteiger partial charge in [-0.3, -0.25) is 15.2 Å². The van der Waals surface area contributed by atoms with E-state index in [4.69, 9.17) is 0 Å². The summed E-state index contributed by atoms with van der Waals surface area (Å²) in [7, 11) is 0. The van der Waals surface area contributed by atoms with Crippen LogP contribution in [0.25, 0.3) is 0 Å². The van der Waals surface area contributed by atoms with E-state index in [0.717, 1.165) is 19.4 Å². The summed E-state index contributed by atoms with van der Waals surface area (Å²) < 4.78 is 0. The van der Waals surface area contributed by atoms with Gasteiger partial charge in [0.05, 0.1) is 6.04 Å². The smallest absolute Gasteiger partial charge is 0.236 e. The lowest BCUT2D eigenvalue weighted by molar-refractivity contribution is -0.127. The Morgan fingerprint density at radius 1 is 1.43 bits per heavy atom. The van der Waals surface area contributed by atoms with Crippen LogP contribution in [-0.2, 0) is 4.79 Å². The van der Waals surface area contributed by atoms with Gasteiger partial charge in [-0.2, -0.15) is 0 Å². The van der Waals surface area contributed by atoms with E-state index in [1.54, 1.807) is 0 Å². The van der Waals surface area contributed by atoms with Gasteiger partial charge in [0.2, 0.25) is 5.91 Å². The molecule has 14 heavy (non-hydrogen) atoms. The van der Waals surface area contributed by atoms with Gasteiger partial charge in [-0.05, 0) is 25.7 Å². The van der Waals surface area contributed by atoms with Crippen LogP contribution >= 0.6 is 0 Å². The highest BCUT2D eigenvalue weighted by Crippen LogP contribution is 2.16. The molecule has 0 radical (unpaired) electrons. The van der Waals surface area contributed by atoms with E-state index in [1.165, 1.54) is 18.6 Å². The Labute approximate surface area is 84.1 Å². The molecule has 0 spiro atoms. The Bertz CT molecular complexity index is 262.